The molecule has 1 N–H and O–H groups in total. The maximum absolute atomic E-state index is 14.5. The zero-order valence-electron chi connectivity index (χ0n) is 18.5. The van der Waals surface area contributed by atoms with E-state index < -0.39 is 5.82 Å². The van der Waals surface area contributed by atoms with E-state index in [4.69, 9.17) is 14.2 Å². The summed E-state index contributed by atoms with van der Waals surface area (Å²) in [7, 11) is 0. The fraction of sp³-hybridized carbons (Fsp3) is 0.222. The van der Waals surface area contributed by atoms with E-state index in [1.165, 1.54) is 6.07 Å². The highest BCUT2D eigenvalue weighted by atomic mass is 19.1. The molecule has 1 aromatic heterocycles. The lowest BCUT2D eigenvalue weighted by molar-refractivity contribution is 0.0889. The van der Waals surface area contributed by atoms with Crippen LogP contribution in [0.4, 0.5) is 4.39 Å². The Morgan fingerprint density at radius 3 is 2.42 bits per heavy atom. The van der Waals surface area contributed by atoms with E-state index in [-0.39, 0.29) is 10.8 Å². The van der Waals surface area contributed by atoms with Gasteiger partial charge < -0.3 is 19.2 Å². The van der Waals surface area contributed by atoms with Crippen LogP contribution in [-0.2, 0) is 11.3 Å². The van der Waals surface area contributed by atoms with Crippen molar-refractivity contribution in [1.29, 1.82) is 0 Å². The van der Waals surface area contributed by atoms with Crippen LogP contribution in [0.25, 0.3) is 22.0 Å². The van der Waals surface area contributed by atoms with Crippen molar-refractivity contribution in [2.45, 2.75) is 20.0 Å². The largest absolute Gasteiger partial charge is 0.491 e. The minimum atomic E-state index is -0.576. The van der Waals surface area contributed by atoms with Gasteiger partial charge in [0.05, 0.1) is 30.7 Å². The number of aromatic amines is 1. The average Bonchev–Trinajstić information content (AvgIpc) is 2.85. The van der Waals surface area contributed by atoms with Crippen LogP contribution >= 0.6 is 0 Å². The fourth-order valence-corrected chi connectivity index (χ4v) is 3.53. The van der Waals surface area contributed by atoms with E-state index >= 15 is 0 Å². The summed E-state index contributed by atoms with van der Waals surface area (Å²) in [4.78, 5) is 16.1. The Morgan fingerprint density at radius 1 is 0.879 bits per heavy atom. The maximum Gasteiger partial charge on any atom is 0.200 e. The highest BCUT2D eigenvalue weighted by Gasteiger charge is 2.15. The second-order valence-corrected chi connectivity index (χ2v) is 7.59. The zero-order valence-corrected chi connectivity index (χ0v) is 18.5. The number of rotatable bonds is 10. The summed E-state index contributed by atoms with van der Waals surface area (Å²) in [5, 5.41) is -0.00278. The summed E-state index contributed by atoms with van der Waals surface area (Å²) < 4.78 is 31.5. The number of aromatic nitrogens is 1. The molecule has 4 aromatic rings. The smallest absolute Gasteiger partial charge is 0.200 e. The first kappa shape index (κ1) is 22.6. The van der Waals surface area contributed by atoms with Gasteiger partial charge in [-0.15, -0.1) is 0 Å². The van der Waals surface area contributed by atoms with Gasteiger partial charge in [0, 0.05) is 11.8 Å². The van der Waals surface area contributed by atoms with E-state index in [1.54, 1.807) is 36.5 Å². The second kappa shape index (κ2) is 10.8. The van der Waals surface area contributed by atoms with Crippen LogP contribution in [0.15, 0.2) is 77.7 Å². The molecular formula is C27H26FNO4. The van der Waals surface area contributed by atoms with Crippen LogP contribution in [0.2, 0.25) is 0 Å². The molecule has 1 heterocycles. The number of benzene rings is 3. The van der Waals surface area contributed by atoms with Crippen molar-refractivity contribution in [2.24, 2.45) is 0 Å². The van der Waals surface area contributed by atoms with Crippen LogP contribution < -0.4 is 14.9 Å². The van der Waals surface area contributed by atoms with Crippen molar-refractivity contribution in [3.05, 3.63) is 94.5 Å². The third-order valence-electron chi connectivity index (χ3n) is 5.18. The molecule has 170 valence electrons. The summed E-state index contributed by atoms with van der Waals surface area (Å²) in [6.07, 6.45) is 2.41. The molecule has 4 rings (SSSR count). The SMILES string of the molecule is CCCOc1ccc(F)c2c(=O)c(-c3ccc(OCCOCc4ccccc4)cc3)c[nH]c12. The molecule has 0 saturated carbocycles. The molecular weight excluding hydrogens is 421 g/mol. The van der Waals surface area contributed by atoms with E-state index in [1.807, 2.05) is 37.3 Å². The van der Waals surface area contributed by atoms with Gasteiger partial charge in [-0.25, -0.2) is 4.39 Å². The Hall–Kier alpha value is -3.64. The van der Waals surface area contributed by atoms with Crippen molar-refractivity contribution < 1.29 is 18.6 Å². The number of hydrogen-bond acceptors (Lipinski definition) is 4. The highest BCUT2D eigenvalue weighted by Crippen LogP contribution is 2.27. The minimum absolute atomic E-state index is 0.00278. The van der Waals surface area contributed by atoms with Gasteiger partial charge >= 0.3 is 0 Å². The molecule has 0 radical (unpaired) electrons. The van der Waals surface area contributed by atoms with E-state index in [9.17, 15) is 9.18 Å². The summed E-state index contributed by atoms with van der Waals surface area (Å²) in [5.41, 5.74) is 2.15. The fourth-order valence-electron chi connectivity index (χ4n) is 3.53. The van der Waals surface area contributed by atoms with Crippen molar-refractivity contribution >= 4 is 10.9 Å². The lowest BCUT2D eigenvalue weighted by Gasteiger charge is -2.11. The first-order chi connectivity index (χ1) is 16.2. The van der Waals surface area contributed by atoms with E-state index in [0.717, 1.165) is 12.0 Å². The molecule has 5 nitrogen and oxygen atoms in total. The molecule has 0 aliphatic rings. The molecule has 0 unspecified atom stereocenters. The minimum Gasteiger partial charge on any atom is -0.491 e. The Kier molecular flexibility index (Phi) is 7.37. The van der Waals surface area contributed by atoms with Crippen molar-refractivity contribution in [3.8, 4) is 22.6 Å². The topological polar surface area (TPSA) is 60.6 Å². The number of pyridine rings is 1. The van der Waals surface area contributed by atoms with Crippen LogP contribution in [0.5, 0.6) is 11.5 Å². The number of ether oxygens (including phenoxy) is 3. The molecule has 0 fully saturated rings. The number of fused-ring (bicyclic) bond motifs is 1. The Balaban J connectivity index is 1.43. The van der Waals surface area contributed by atoms with Crippen LogP contribution in [0, 0.1) is 5.82 Å². The Morgan fingerprint density at radius 2 is 1.67 bits per heavy atom. The van der Waals surface area contributed by atoms with Gasteiger partial charge in [-0.2, -0.15) is 0 Å². The van der Waals surface area contributed by atoms with Gasteiger partial charge in [-0.05, 0) is 41.8 Å². The lowest BCUT2D eigenvalue weighted by atomic mass is 10.0. The van der Waals surface area contributed by atoms with Crippen molar-refractivity contribution in [1.82, 2.24) is 4.98 Å². The standard InChI is InChI=1S/C27H26FNO4/c1-2-14-33-24-13-12-23(28)25-26(24)29-17-22(27(25)30)20-8-10-21(11-9-20)32-16-15-31-18-19-6-4-3-5-7-19/h3-13,17H,2,14-16,18H2,1H3,(H,29,30). The summed E-state index contributed by atoms with van der Waals surface area (Å²) >= 11 is 0. The molecule has 0 aliphatic heterocycles. The molecule has 0 saturated heterocycles. The van der Waals surface area contributed by atoms with Gasteiger partial charge in [0.2, 0.25) is 0 Å². The maximum atomic E-state index is 14.5. The first-order valence-electron chi connectivity index (χ1n) is 11.0. The van der Waals surface area contributed by atoms with E-state index in [0.29, 0.717) is 54.6 Å². The highest BCUT2D eigenvalue weighted by molar-refractivity contribution is 5.88. The monoisotopic (exact) mass is 447 g/mol. The predicted octanol–water partition coefficient (Wildman–Crippen LogP) is 5.72. The van der Waals surface area contributed by atoms with Gasteiger partial charge in [0.25, 0.3) is 0 Å². The number of halogens is 1. The van der Waals surface area contributed by atoms with Gasteiger partial charge in [-0.3, -0.25) is 4.79 Å². The quantitative estimate of drug-likeness (QED) is 0.316. The summed E-state index contributed by atoms with van der Waals surface area (Å²) in [6, 6.07) is 19.9. The van der Waals surface area contributed by atoms with Crippen molar-refractivity contribution in [2.75, 3.05) is 19.8 Å². The average molecular weight is 448 g/mol. The third kappa shape index (κ3) is 5.41. The van der Waals surface area contributed by atoms with Gasteiger partial charge in [-0.1, -0.05) is 49.4 Å². The normalized spacial score (nSPS) is 11.0. The number of nitrogens with one attached hydrogen (secondary N) is 1. The summed E-state index contributed by atoms with van der Waals surface area (Å²) in [5.74, 6) is 0.559. The molecule has 0 bridgehead atoms. The molecule has 6 heteroatoms. The number of H-pyrrole nitrogens is 1. The second-order valence-electron chi connectivity index (χ2n) is 7.59. The number of hydrogen-bond donors (Lipinski definition) is 1. The summed E-state index contributed by atoms with van der Waals surface area (Å²) in [6.45, 7) is 3.88. The molecule has 0 spiro atoms. The molecule has 0 aliphatic carbocycles. The van der Waals surface area contributed by atoms with Gasteiger partial charge in [0.15, 0.2) is 5.43 Å². The Labute approximate surface area is 191 Å². The van der Waals surface area contributed by atoms with Crippen LogP contribution in [-0.4, -0.2) is 24.8 Å². The third-order valence-corrected chi connectivity index (χ3v) is 5.18. The Bertz CT molecular complexity index is 1250. The van der Waals surface area contributed by atoms with E-state index in [2.05, 4.69) is 4.98 Å². The first-order valence-corrected chi connectivity index (χ1v) is 11.0. The van der Waals surface area contributed by atoms with Gasteiger partial charge in [0.1, 0.15) is 23.9 Å². The molecule has 0 atom stereocenters. The van der Waals surface area contributed by atoms with Crippen LogP contribution in [0.3, 0.4) is 0 Å². The van der Waals surface area contributed by atoms with Crippen molar-refractivity contribution in [3.63, 3.8) is 0 Å². The molecule has 33 heavy (non-hydrogen) atoms. The molecule has 3 aromatic carbocycles. The van der Waals surface area contributed by atoms with Crippen LogP contribution in [0.1, 0.15) is 18.9 Å². The zero-order chi connectivity index (χ0) is 23.0. The predicted molar refractivity (Wildman–Crippen MR) is 127 cm³/mol. The molecule has 0 amide bonds. The lowest BCUT2D eigenvalue weighted by Crippen LogP contribution is -2.10.